The van der Waals surface area contributed by atoms with Gasteiger partial charge in [0.1, 0.15) is 16.9 Å². The van der Waals surface area contributed by atoms with Crippen molar-refractivity contribution in [2.24, 2.45) is 0 Å². The van der Waals surface area contributed by atoms with Gasteiger partial charge in [-0.25, -0.2) is 9.97 Å². The van der Waals surface area contributed by atoms with Crippen LogP contribution >= 0.6 is 0 Å². The van der Waals surface area contributed by atoms with Crippen LogP contribution in [-0.4, -0.2) is 25.8 Å². The molecule has 0 saturated carbocycles. The Morgan fingerprint density at radius 2 is 1.95 bits per heavy atom. The smallest absolute Gasteiger partial charge is 0.156 e. The van der Waals surface area contributed by atoms with E-state index in [1.807, 2.05) is 11.6 Å². The third-order valence-corrected chi connectivity index (χ3v) is 3.57. The van der Waals surface area contributed by atoms with E-state index in [4.69, 9.17) is 9.97 Å². The van der Waals surface area contributed by atoms with Gasteiger partial charge in [0.15, 0.2) is 5.82 Å². The van der Waals surface area contributed by atoms with Crippen molar-refractivity contribution in [3.05, 3.63) is 11.5 Å². The molecule has 0 radical (unpaired) electrons. The first-order valence-corrected chi connectivity index (χ1v) is 7.61. The molecule has 0 aliphatic rings. The third-order valence-electron chi connectivity index (χ3n) is 3.57. The summed E-state index contributed by atoms with van der Waals surface area (Å²) in [6, 6.07) is 0.392. The number of aryl methyl sites for hydroxylation is 3. The Labute approximate surface area is 120 Å². The Bertz CT molecular complexity index is 587. The summed E-state index contributed by atoms with van der Waals surface area (Å²) in [4.78, 5) is 9.41. The molecule has 1 atom stereocenters. The van der Waals surface area contributed by atoms with Gasteiger partial charge in [0.2, 0.25) is 0 Å². The van der Waals surface area contributed by atoms with Gasteiger partial charge in [0.25, 0.3) is 0 Å². The van der Waals surface area contributed by atoms with Gasteiger partial charge in [-0.15, -0.1) is 0 Å². The molecule has 20 heavy (non-hydrogen) atoms. The molecule has 1 N–H and O–H groups in total. The number of aromatic nitrogens is 4. The van der Waals surface area contributed by atoms with E-state index in [0.29, 0.717) is 6.04 Å². The number of anilines is 1. The minimum absolute atomic E-state index is 0.392. The van der Waals surface area contributed by atoms with E-state index in [1.54, 1.807) is 0 Å². The van der Waals surface area contributed by atoms with Gasteiger partial charge in [-0.2, -0.15) is 5.10 Å². The minimum atomic E-state index is 0.392. The van der Waals surface area contributed by atoms with Crippen LogP contribution in [0, 0.1) is 6.92 Å². The van der Waals surface area contributed by atoms with Crippen LogP contribution < -0.4 is 5.32 Å². The van der Waals surface area contributed by atoms with Crippen LogP contribution in [0.5, 0.6) is 0 Å². The molecule has 1 unspecified atom stereocenters. The lowest BCUT2D eigenvalue weighted by Gasteiger charge is -2.14. The Morgan fingerprint density at radius 1 is 1.20 bits per heavy atom. The summed E-state index contributed by atoms with van der Waals surface area (Å²) in [5, 5.41) is 8.09. The van der Waals surface area contributed by atoms with Crippen LogP contribution in [0.15, 0.2) is 0 Å². The van der Waals surface area contributed by atoms with Crippen LogP contribution in [0.3, 0.4) is 0 Å². The van der Waals surface area contributed by atoms with Gasteiger partial charge in [0.05, 0.1) is 5.69 Å². The van der Waals surface area contributed by atoms with E-state index in [-0.39, 0.29) is 0 Å². The maximum atomic E-state index is 4.72. The average molecular weight is 275 g/mol. The highest BCUT2D eigenvalue weighted by molar-refractivity contribution is 5.87. The first kappa shape index (κ1) is 14.8. The second-order valence-corrected chi connectivity index (χ2v) is 5.29. The molecule has 2 heterocycles. The predicted molar refractivity (Wildman–Crippen MR) is 83.1 cm³/mol. The fraction of sp³-hybridized carbons (Fsp3) is 0.667. The summed E-state index contributed by atoms with van der Waals surface area (Å²) in [7, 11) is 0. The highest BCUT2D eigenvalue weighted by atomic mass is 15.3. The van der Waals surface area contributed by atoms with E-state index < -0.39 is 0 Å². The number of rotatable bonds is 6. The largest absolute Gasteiger partial charge is 0.366 e. The molecule has 5 nitrogen and oxygen atoms in total. The van der Waals surface area contributed by atoms with E-state index >= 15 is 0 Å². The fourth-order valence-electron chi connectivity index (χ4n) is 2.28. The third kappa shape index (κ3) is 2.76. The van der Waals surface area contributed by atoms with E-state index in [1.165, 1.54) is 0 Å². The Morgan fingerprint density at radius 3 is 2.55 bits per heavy atom. The first-order valence-electron chi connectivity index (χ1n) is 7.61. The second kappa shape index (κ2) is 6.20. The molecule has 110 valence electrons. The Hall–Kier alpha value is -1.65. The zero-order valence-corrected chi connectivity index (χ0v) is 13.2. The highest BCUT2D eigenvalue weighted by Crippen LogP contribution is 2.24. The van der Waals surface area contributed by atoms with Crippen molar-refractivity contribution in [2.45, 2.75) is 66.5 Å². The summed E-state index contributed by atoms with van der Waals surface area (Å²) in [6.45, 7) is 11.4. The average Bonchev–Trinajstić information content (AvgIpc) is 2.76. The van der Waals surface area contributed by atoms with Crippen molar-refractivity contribution in [2.75, 3.05) is 5.32 Å². The van der Waals surface area contributed by atoms with Gasteiger partial charge in [-0.05, 0) is 33.6 Å². The molecule has 0 amide bonds. The molecule has 0 spiro atoms. The maximum absolute atomic E-state index is 4.72. The van der Waals surface area contributed by atoms with Gasteiger partial charge in [0, 0.05) is 19.0 Å². The molecular formula is C15H25N5. The molecule has 2 aromatic rings. The van der Waals surface area contributed by atoms with Crippen LogP contribution in [-0.2, 0) is 13.0 Å². The number of nitrogens with zero attached hydrogens (tertiary/aromatic N) is 4. The summed E-state index contributed by atoms with van der Waals surface area (Å²) in [5.41, 5.74) is 3.00. The number of hydrogen-bond donors (Lipinski definition) is 1. The quantitative estimate of drug-likeness (QED) is 0.878. The zero-order valence-electron chi connectivity index (χ0n) is 13.2. The molecule has 2 aromatic heterocycles. The summed E-state index contributed by atoms with van der Waals surface area (Å²) in [6.07, 6.45) is 3.02. The van der Waals surface area contributed by atoms with Crippen LogP contribution in [0.2, 0.25) is 0 Å². The normalized spacial score (nSPS) is 12.8. The highest BCUT2D eigenvalue weighted by Gasteiger charge is 2.16. The summed E-state index contributed by atoms with van der Waals surface area (Å²) >= 11 is 0. The molecule has 0 fully saturated rings. The molecular weight excluding hydrogens is 250 g/mol. The van der Waals surface area contributed by atoms with E-state index in [9.17, 15) is 0 Å². The molecule has 0 aliphatic heterocycles. The van der Waals surface area contributed by atoms with E-state index in [2.05, 4.69) is 38.1 Å². The van der Waals surface area contributed by atoms with Gasteiger partial charge >= 0.3 is 0 Å². The molecule has 0 saturated heterocycles. The van der Waals surface area contributed by atoms with Gasteiger partial charge in [-0.3, -0.25) is 4.68 Å². The second-order valence-electron chi connectivity index (χ2n) is 5.29. The van der Waals surface area contributed by atoms with Crippen molar-refractivity contribution < 1.29 is 0 Å². The lowest BCUT2D eigenvalue weighted by molar-refractivity contribution is 0.673. The maximum Gasteiger partial charge on any atom is 0.156 e. The summed E-state index contributed by atoms with van der Waals surface area (Å²) in [5.74, 6) is 1.83. The summed E-state index contributed by atoms with van der Waals surface area (Å²) < 4.78 is 1.99. The lowest BCUT2D eigenvalue weighted by Crippen LogP contribution is -2.16. The van der Waals surface area contributed by atoms with Gasteiger partial charge < -0.3 is 5.32 Å². The minimum Gasteiger partial charge on any atom is -0.366 e. The van der Waals surface area contributed by atoms with Crippen LogP contribution in [0.25, 0.3) is 11.0 Å². The van der Waals surface area contributed by atoms with Crippen molar-refractivity contribution in [1.29, 1.82) is 0 Å². The molecule has 0 aromatic carbocycles. The number of hydrogen-bond acceptors (Lipinski definition) is 4. The molecule has 0 aliphatic carbocycles. The topological polar surface area (TPSA) is 55.6 Å². The molecule has 5 heteroatoms. The van der Waals surface area contributed by atoms with E-state index in [0.717, 1.165) is 54.2 Å². The SMILES string of the molecule is CCCc1nc(NC(C)CC)c2c(n1)c(C)nn2CC. The lowest BCUT2D eigenvalue weighted by atomic mass is 10.2. The number of nitrogens with one attached hydrogen (secondary N) is 1. The Kier molecular flexibility index (Phi) is 4.57. The monoisotopic (exact) mass is 275 g/mol. The standard InChI is InChI=1S/C15H25N5/c1-6-9-12-17-13-11(5)19-20(8-3)14(13)15(18-12)16-10(4)7-2/h10H,6-9H2,1-5H3,(H,16,17,18). The van der Waals surface area contributed by atoms with Crippen molar-refractivity contribution in [3.63, 3.8) is 0 Å². The van der Waals surface area contributed by atoms with Crippen LogP contribution in [0.1, 0.15) is 52.1 Å². The van der Waals surface area contributed by atoms with Gasteiger partial charge in [-0.1, -0.05) is 13.8 Å². The first-order chi connectivity index (χ1) is 9.60. The van der Waals surface area contributed by atoms with Crippen molar-refractivity contribution in [1.82, 2.24) is 19.7 Å². The van der Waals surface area contributed by atoms with Crippen LogP contribution in [0.4, 0.5) is 5.82 Å². The Balaban J connectivity index is 2.60. The zero-order chi connectivity index (χ0) is 14.7. The predicted octanol–water partition coefficient (Wildman–Crippen LogP) is 3.32. The molecule has 0 bridgehead atoms. The fourth-order valence-corrected chi connectivity index (χ4v) is 2.28. The van der Waals surface area contributed by atoms with Crippen molar-refractivity contribution >= 4 is 16.9 Å². The number of fused-ring (bicyclic) bond motifs is 1. The molecule has 2 rings (SSSR count). The van der Waals surface area contributed by atoms with Crippen molar-refractivity contribution in [3.8, 4) is 0 Å².